The van der Waals surface area contributed by atoms with Gasteiger partial charge in [0.15, 0.2) is 0 Å². The van der Waals surface area contributed by atoms with Gasteiger partial charge in [-0.3, -0.25) is 9.78 Å². The first-order valence-electron chi connectivity index (χ1n) is 13.2. The molecular weight excluding hydrogens is 543 g/mol. The molecule has 40 heavy (non-hydrogen) atoms. The van der Waals surface area contributed by atoms with Crippen molar-refractivity contribution < 1.29 is 22.7 Å². The topological polar surface area (TPSA) is 70.6 Å². The number of amides is 1. The summed E-state index contributed by atoms with van der Waals surface area (Å²) < 4.78 is 44.8. The van der Waals surface area contributed by atoms with Crippen molar-refractivity contribution >= 4 is 23.2 Å². The first kappa shape index (κ1) is 28.2. The Morgan fingerprint density at radius 2 is 1.90 bits per heavy atom. The molecular formula is C29H31ClF3N5O2. The Kier molecular flexibility index (Phi) is 7.92. The maximum Gasteiger partial charge on any atom is 0.416 e. The zero-order valence-electron chi connectivity index (χ0n) is 22.3. The van der Waals surface area contributed by atoms with Crippen LogP contribution in [0.4, 0.5) is 18.9 Å². The molecule has 2 saturated heterocycles. The maximum atomic E-state index is 13.9. The van der Waals surface area contributed by atoms with Gasteiger partial charge in [-0.2, -0.15) is 13.2 Å². The van der Waals surface area contributed by atoms with Gasteiger partial charge in [0, 0.05) is 38.1 Å². The third-order valence-electron chi connectivity index (χ3n) is 7.95. The number of alkyl halides is 3. The zero-order chi connectivity index (χ0) is 28.5. The van der Waals surface area contributed by atoms with E-state index in [0.717, 1.165) is 42.8 Å². The number of nitrogens with zero attached hydrogens (tertiary/aromatic N) is 4. The molecule has 0 spiro atoms. The van der Waals surface area contributed by atoms with Crippen LogP contribution in [-0.4, -0.2) is 67.2 Å². The number of hydrogen-bond donors (Lipinski definition) is 1. The smallest absolute Gasteiger partial charge is 0.416 e. The lowest BCUT2D eigenvalue weighted by atomic mass is 9.72. The molecule has 212 valence electrons. The predicted molar refractivity (Wildman–Crippen MR) is 148 cm³/mol. The van der Waals surface area contributed by atoms with Gasteiger partial charge < -0.3 is 19.9 Å². The molecule has 0 aliphatic carbocycles. The number of piperidine rings is 1. The highest BCUT2D eigenvalue weighted by molar-refractivity contribution is 6.33. The third-order valence-corrected chi connectivity index (χ3v) is 8.25. The van der Waals surface area contributed by atoms with E-state index in [1.165, 1.54) is 6.07 Å². The number of likely N-dealkylation sites (N-methyl/N-ethyl adjacent to an activating group) is 1. The van der Waals surface area contributed by atoms with Crippen LogP contribution in [0.25, 0.3) is 11.3 Å². The van der Waals surface area contributed by atoms with Crippen molar-refractivity contribution in [2.24, 2.45) is 0 Å². The van der Waals surface area contributed by atoms with Crippen molar-refractivity contribution in [3.05, 3.63) is 71.0 Å². The molecule has 0 unspecified atom stereocenters. The monoisotopic (exact) mass is 573 g/mol. The minimum atomic E-state index is -4.47. The number of anilines is 1. The Hall–Kier alpha value is -3.37. The fourth-order valence-electron chi connectivity index (χ4n) is 5.68. The van der Waals surface area contributed by atoms with Crippen LogP contribution >= 0.6 is 11.6 Å². The molecule has 0 radical (unpaired) electrons. The summed E-state index contributed by atoms with van der Waals surface area (Å²) in [6.45, 7) is 2.59. The number of halogens is 4. The minimum absolute atomic E-state index is 0.0391. The zero-order valence-corrected chi connectivity index (χ0v) is 23.1. The number of rotatable bonds is 6. The van der Waals surface area contributed by atoms with Crippen molar-refractivity contribution in [2.75, 3.05) is 45.2 Å². The van der Waals surface area contributed by atoms with Crippen LogP contribution in [0.1, 0.15) is 30.4 Å². The molecule has 3 aromatic rings. The van der Waals surface area contributed by atoms with Crippen molar-refractivity contribution in [2.45, 2.75) is 36.9 Å². The normalized spacial score (nSPS) is 19.4. The largest absolute Gasteiger partial charge is 0.481 e. The number of benzene rings is 1. The summed E-state index contributed by atoms with van der Waals surface area (Å²) >= 11 is 6.30. The molecule has 7 nitrogen and oxygen atoms in total. The molecule has 1 aromatic carbocycles. The van der Waals surface area contributed by atoms with Gasteiger partial charge in [0.1, 0.15) is 0 Å². The first-order chi connectivity index (χ1) is 19.1. The van der Waals surface area contributed by atoms with Crippen molar-refractivity contribution in [3.63, 3.8) is 0 Å². The Balaban J connectivity index is 1.42. The van der Waals surface area contributed by atoms with Gasteiger partial charge in [0.2, 0.25) is 11.8 Å². The van der Waals surface area contributed by atoms with Gasteiger partial charge in [-0.15, -0.1) is 0 Å². The molecule has 2 aliphatic rings. The van der Waals surface area contributed by atoms with Gasteiger partial charge in [0.25, 0.3) is 0 Å². The number of nitrogens with one attached hydrogen (secondary N) is 1. The molecule has 2 fully saturated rings. The summed E-state index contributed by atoms with van der Waals surface area (Å²) in [7, 11) is 3.58. The van der Waals surface area contributed by atoms with Crippen molar-refractivity contribution in [3.8, 4) is 17.1 Å². The summed E-state index contributed by atoms with van der Waals surface area (Å²) in [5, 5.41) is 3.30. The van der Waals surface area contributed by atoms with E-state index < -0.39 is 17.2 Å². The number of pyridine rings is 2. The highest BCUT2D eigenvalue weighted by Gasteiger charge is 2.44. The summed E-state index contributed by atoms with van der Waals surface area (Å²) in [6, 6.07) is 10.9. The van der Waals surface area contributed by atoms with E-state index in [0.29, 0.717) is 43.2 Å². The highest BCUT2D eigenvalue weighted by atomic mass is 35.5. The van der Waals surface area contributed by atoms with Crippen molar-refractivity contribution in [1.29, 1.82) is 0 Å². The second-order valence-electron chi connectivity index (χ2n) is 10.4. The SMILES string of the molecule is COc1ncccc1-c1ccc(C2(C(=O)N[C@H]3CCN(C)C3)CCN(c3ccc(C(F)(F)F)cc3Cl)CC2)cn1. The quantitative estimate of drug-likeness (QED) is 0.438. The number of carbonyl (C=O) groups excluding carboxylic acids is 1. The number of hydrogen-bond acceptors (Lipinski definition) is 6. The molecule has 5 rings (SSSR count). The summed E-state index contributed by atoms with van der Waals surface area (Å²) in [6.07, 6.45) is 0.705. The van der Waals surface area contributed by atoms with Gasteiger partial charge in [0.05, 0.1) is 40.1 Å². The van der Waals surface area contributed by atoms with Crippen LogP contribution in [0.3, 0.4) is 0 Å². The lowest BCUT2D eigenvalue weighted by Gasteiger charge is -2.42. The van der Waals surface area contributed by atoms with Crippen LogP contribution in [-0.2, 0) is 16.4 Å². The first-order valence-corrected chi connectivity index (χ1v) is 13.6. The fraction of sp³-hybridized carbons (Fsp3) is 0.414. The average Bonchev–Trinajstić information content (AvgIpc) is 3.36. The molecule has 4 heterocycles. The summed E-state index contributed by atoms with van der Waals surface area (Å²) in [5.41, 5.74) is 1.11. The molecule has 0 saturated carbocycles. The molecule has 1 N–H and O–H groups in total. The lowest BCUT2D eigenvalue weighted by Crippen LogP contribution is -2.54. The third kappa shape index (κ3) is 5.60. The van der Waals surface area contributed by atoms with E-state index in [9.17, 15) is 18.0 Å². The van der Waals surface area contributed by atoms with Crippen LogP contribution in [0.2, 0.25) is 5.02 Å². The van der Waals surface area contributed by atoms with Crippen LogP contribution in [0, 0.1) is 0 Å². The Morgan fingerprint density at radius 3 is 2.50 bits per heavy atom. The number of methoxy groups -OCH3 is 1. The van der Waals surface area contributed by atoms with E-state index >= 15 is 0 Å². The van der Waals surface area contributed by atoms with E-state index in [2.05, 4.69) is 20.2 Å². The summed E-state index contributed by atoms with van der Waals surface area (Å²) in [4.78, 5) is 27.0. The molecule has 0 bridgehead atoms. The van der Waals surface area contributed by atoms with E-state index in [1.807, 2.05) is 36.2 Å². The fourth-order valence-corrected chi connectivity index (χ4v) is 5.98. The standard InChI is InChI=1S/C29H31ClF3N5O2/c1-37-13-9-21(18-37)36-27(39)28(20-5-7-24(35-17-20)22-4-3-12-34-26(22)40-2)10-14-38(15-11-28)25-8-6-19(16-23(25)30)29(31,32)33/h3-8,12,16-17,21H,9-11,13-15,18H2,1-2H3,(H,36,39)/t21-/m0/s1. The van der Waals surface area contributed by atoms with Gasteiger partial charge >= 0.3 is 6.18 Å². The van der Waals surface area contributed by atoms with Gasteiger partial charge in [-0.25, -0.2) is 4.98 Å². The van der Waals surface area contributed by atoms with Gasteiger partial charge in [-0.05, 0) is 74.8 Å². The molecule has 1 atom stereocenters. The van der Waals surface area contributed by atoms with Crippen molar-refractivity contribution in [1.82, 2.24) is 20.2 Å². The lowest BCUT2D eigenvalue weighted by molar-refractivity contribution is -0.137. The van der Waals surface area contributed by atoms with Crippen LogP contribution in [0.15, 0.2) is 54.9 Å². The number of aromatic nitrogens is 2. The molecule has 11 heteroatoms. The number of likely N-dealkylation sites (tertiary alicyclic amines) is 1. The average molecular weight is 574 g/mol. The summed E-state index contributed by atoms with van der Waals surface area (Å²) in [5.74, 6) is 0.404. The predicted octanol–water partition coefficient (Wildman–Crippen LogP) is 5.18. The second-order valence-corrected chi connectivity index (χ2v) is 10.9. The number of ether oxygens (including phenoxy) is 1. The Bertz CT molecular complexity index is 1360. The minimum Gasteiger partial charge on any atom is -0.481 e. The molecule has 1 amide bonds. The van der Waals surface area contributed by atoms with E-state index in [4.69, 9.17) is 16.3 Å². The van der Waals surface area contributed by atoms with E-state index in [-0.39, 0.29) is 17.0 Å². The van der Waals surface area contributed by atoms with Crippen LogP contribution in [0.5, 0.6) is 5.88 Å². The van der Waals surface area contributed by atoms with Crippen LogP contribution < -0.4 is 15.0 Å². The second kappa shape index (κ2) is 11.2. The molecule has 2 aliphatic heterocycles. The number of carbonyl (C=O) groups is 1. The van der Waals surface area contributed by atoms with E-state index in [1.54, 1.807) is 19.5 Å². The van der Waals surface area contributed by atoms with Gasteiger partial charge in [-0.1, -0.05) is 17.7 Å². The molecule has 2 aromatic heterocycles. The Morgan fingerprint density at radius 1 is 1.12 bits per heavy atom. The maximum absolute atomic E-state index is 13.9. The highest BCUT2D eigenvalue weighted by Crippen LogP contribution is 2.41. The Labute approximate surface area is 236 Å².